The largest absolute Gasteiger partial charge is 0.477 e. The van der Waals surface area contributed by atoms with E-state index in [9.17, 15) is 28.0 Å². The summed E-state index contributed by atoms with van der Waals surface area (Å²) < 4.78 is 55.8. The Hall–Kier alpha value is -8.98. The molecule has 4 aromatic carbocycles. The molecule has 2 aliphatic rings. The zero-order valence-corrected chi connectivity index (χ0v) is 35.8. The zero-order valence-electron chi connectivity index (χ0n) is 35.8. The predicted molar refractivity (Wildman–Crippen MR) is 245 cm³/mol. The highest BCUT2D eigenvalue weighted by molar-refractivity contribution is 5.96. The number of alkyl halides is 3. The molecule has 68 heavy (non-hydrogen) atoms. The lowest BCUT2D eigenvalue weighted by Gasteiger charge is -2.36. The van der Waals surface area contributed by atoms with E-state index in [0.717, 1.165) is 40.3 Å². The van der Waals surface area contributed by atoms with E-state index in [1.54, 1.807) is 46.0 Å². The van der Waals surface area contributed by atoms with Gasteiger partial charge in [-0.15, -0.1) is 0 Å². The van der Waals surface area contributed by atoms with Crippen LogP contribution in [0.1, 0.15) is 22.3 Å². The maximum Gasteiger partial charge on any atom is 0.417 e. The number of pyridine rings is 2. The van der Waals surface area contributed by atoms with Crippen molar-refractivity contribution in [2.45, 2.75) is 31.5 Å². The quantitative estimate of drug-likeness (QED) is 0.128. The van der Waals surface area contributed by atoms with E-state index in [1.807, 2.05) is 108 Å². The van der Waals surface area contributed by atoms with Crippen LogP contribution in [0.3, 0.4) is 0 Å². The van der Waals surface area contributed by atoms with Gasteiger partial charge in [-0.05, 0) is 96.1 Å². The Morgan fingerprint density at radius 1 is 0.691 bits per heavy atom. The molecule has 2 unspecified atom stereocenters. The molecule has 0 fully saturated rings. The van der Waals surface area contributed by atoms with Gasteiger partial charge in [0.2, 0.25) is 0 Å². The Morgan fingerprint density at radius 2 is 1.29 bits per heavy atom. The van der Waals surface area contributed by atoms with Gasteiger partial charge in [0, 0.05) is 49.6 Å². The first-order chi connectivity index (χ1) is 33.0. The SMILES string of the molecule is N#Cc1ccc(-c2ccc3c(c2)OC(C(=O)Nc2ccc(C(F)(F)F)cn2)CN3Cc2ccc(-n3cccn3)cc2)nc1NC(=O)C1CN(Cc2ccc(-n3cccn3)cc2)c2ccccc2O1. The van der Waals surface area contributed by atoms with Gasteiger partial charge in [0.1, 0.15) is 23.4 Å². The minimum absolute atomic E-state index is 0.0262. The van der Waals surface area contributed by atoms with Gasteiger partial charge in [-0.1, -0.05) is 42.5 Å². The van der Waals surface area contributed by atoms with Crippen molar-refractivity contribution >= 4 is 34.8 Å². The number of para-hydroxylation sites is 2. The van der Waals surface area contributed by atoms with Gasteiger partial charge in [0.05, 0.1) is 52.7 Å². The number of nitrogens with zero attached hydrogens (tertiary/aromatic N) is 9. The number of fused-ring (bicyclic) bond motifs is 2. The van der Waals surface area contributed by atoms with Crippen LogP contribution in [0.4, 0.5) is 36.2 Å². The second-order valence-electron chi connectivity index (χ2n) is 16.0. The molecule has 15 nitrogen and oxygen atoms in total. The van der Waals surface area contributed by atoms with E-state index >= 15 is 0 Å². The fraction of sp³-hybridized carbons (Fsp3) is 0.140. The number of carbonyl (C=O) groups excluding carboxylic acids is 2. The summed E-state index contributed by atoms with van der Waals surface area (Å²) >= 11 is 0. The third kappa shape index (κ3) is 9.13. The second kappa shape index (κ2) is 18.1. The Kier molecular flexibility index (Phi) is 11.4. The van der Waals surface area contributed by atoms with Crippen LogP contribution in [-0.4, -0.2) is 66.6 Å². The van der Waals surface area contributed by atoms with Crippen molar-refractivity contribution in [3.05, 3.63) is 181 Å². The summed E-state index contributed by atoms with van der Waals surface area (Å²) in [4.78, 5) is 40.4. The molecule has 2 amide bonds. The number of nitrogens with one attached hydrogen (secondary N) is 2. The summed E-state index contributed by atoms with van der Waals surface area (Å²) in [7, 11) is 0. The fourth-order valence-corrected chi connectivity index (χ4v) is 8.03. The number of hydrogen-bond donors (Lipinski definition) is 2. The molecule has 2 aliphatic heterocycles. The van der Waals surface area contributed by atoms with Crippen molar-refractivity contribution in [3.8, 4) is 40.2 Å². The van der Waals surface area contributed by atoms with E-state index in [4.69, 9.17) is 14.5 Å². The summed E-state index contributed by atoms with van der Waals surface area (Å²) in [6, 6.07) is 39.5. The number of amides is 2. The van der Waals surface area contributed by atoms with Crippen molar-refractivity contribution in [3.63, 3.8) is 0 Å². The minimum Gasteiger partial charge on any atom is -0.477 e. The van der Waals surface area contributed by atoms with Crippen LogP contribution >= 0.6 is 0 Å². The third-order valence-electron chi connectivity index (χ3n) is 11.5. The van der Waals surface area contributed by atoms with Crippen LogP contribution in [0.5, 0.6) is 11.5 Å². The zero-order chi connectivity index (χ0) is 46.8. The molecule has 10 rings (SSSR count). The first kappa shape index (κ1) is 42.9. The van der Waals surface area contributed by atoms with Crippen molar-refractivity contribution in [1.82, 2.24) is 29.5 Å². The van der Waals surface area contributed by atoms with Crippen molar-refractivity contribution in [2.75, 3.05) is 33.5 Å². The molecule has 0 saturated heterocycles. The number of hydrogen-bond acceptors (Lipinski definition) is 11. The number of aromatic nitrogens is 6. The molecular weight excluding hydrogens is 876 g/mol. The van der Waals surface area contributed by atoms with E-state index in [1.165, 1.54) is 0 Å². The molecule has 0 aliphatic carbocycles. The standard InChI is InChI=1S/C50H38F3N11O4/c51-50(52,53)36-13-20-46(55-27-36)59-48(65)44-30-62(29-33-9-16-38(17-10-33)64-24-4-22-57-64)41-19-12-34(25-43(41)68-44)39-18-11-35(26-54)47(58-39)60-49(66)45-31-61(40-5-1-2-6-42(40)67-45)28-32-7-14-37(15-8-32)63-23-3-21-56-63/h1-25,27,44-45H,28-31H2,(H,55,59,65)(H,58,60,66). The lowest BCUT2D eigenvalue weighted by Crippen LogP contribution is -2.46. The van der Waals surface area contributed by atoms with E-state index in [0.29, 0.717) is 47.7 Å². The molecule has 4 aromatic heterocycles. The van der Waals surface area contributed by atoms with Gasteiger partial charge < -0.3 is 29.9 Å². The van der Waals surface area contributed by atoms with E-state index < -0.39 is 35.8 Å². The van der Waals surface area contributed by atoms with Gasteiger partial charge in [0.25, 0.3) is 11.8 Å². The third-order valence-corrected chi connectivity index (χ3v) is 11.5. The Labute approximate surface area is 386 Å². The summed E-state index contributed by atoms with van der Waals surface area (Å²) in [5.74, 6) is -0.314. The molecule has 0 spiro atoms. The first-order valence-corrected chi connectivity index (χ1v) is 21.4. The Morgan fingerprint density at radius 3 is 1.87 bits per heavy atom. The van der Waals surface area contributed by atoms with Crippen LogP contribution in [0, 0.1) is 11.3 Å². The number of rotatable bonds is 11. The predicted octanol–water partition coefficient (Wildman–Crippen LogP) is 8.22. The molecule has 18 heteroatoms. The molecule has 2 atom stereocenters. The summed E-state index contributed by atoms with van der Waals surface area (Å²) in [6.07, 6.45) is 1.10. The van der Waals surface area contributed by atoms with Gasteiger partial charge in [0.15, 0.2) is 18.0 Å². The highest BCUT2D eigenvalue weighted by Crippen LogP contribution is 2.39. The average molecular weight is 914 g/mol. The summed E-state index contributed by atoms with van der Waals surface area (Å²) in [5, 5.41) is 24.1. The molecule has 6 heterocycles. The van der Waals surface area contributed by atoms with E-state index in [2.05, 4.69) is 36.8 Å². The number of carbonyl (C=O) groups is 2. The normalized spacial score (nSPS) is 15.3. The summed E-state index contributed by atoms with van der Waals surface area (Å²) in [5.41, 5.74) is 5.32. The lowest BCUT2D eigenvalue weighted by molar-refractivity contribution is -0.137. The van der Waals surface area contributed by atoms with Gasteiger partial charge in [-0.3, -0.25) is 9.59 Å². The number of anilines is 4. The summed E-state index contributed by atoms with van der Waals surface area (Å²) in [6.45, 7) is 1.16. The number of ether oxygens (including phenoxy) is 2. The average Bonchev–Trinajstić information content (AvgIpc) is 4.11. The van der Waals surface area contributed by atoms with Crippen LogP contribution in [0.2, 0.25) is 0 Å². The monoisotopic (exact) mass is 913 g/mol. The lowest BCUT2D eigenvalue weighted by atomic mass is 10.1. The first-order valence-electron chi connectivity index (χ1n) is 21.4. The van der Waals surface area contributed by atoms with Crippen LogP contribution in [0.15, 0.2) is 158 Å². The van der Waals surface area contributed by atoms with Crippen molar-refractivity contribution < 1.29 is 32.2 Å². The van der Waals surface area contributed by atoms with Gasteiger partial charge in [-0.25, -0.2) is 19.3 Å². The molecule has 0 saturated carbocycles. The Balaban J connectivity index is 0.895. The van der Waals surface area contributed by atoms with E-state index in [-0.39, 0.29) is 30.3 Å². The fourth-order valence-electron chi connectivity index (χ4n) is 8.03. The maximum absolute atomic E-state index is 14.1. The van der Waals surface area contributed by atoms with Crippen molar-refractivity contribution in [1.29, 1.82) is 5.26 Å². The Bertz CT molecular complexity index is 3140. The van der Waals surface area contributed by atoms with Crippen LogP contribution in [-0.2, 0) is 28.9 Å². The smallest absolute Gasteiger partial charge is 0.417 e. The minimum atomic E-state index is -4.59. The number of benzene rings is 4. The topological polar surface area (TPSA) is 168 Å². The molecular formula is C50H38F3N11O4. The van der Waals surface area contributed by atoms with Gasteiger partial charge >= 0.3 is 6.18 Å². The molecule has 2 N–H and O–H groups in total. The highest BCUT2D eigenvalue weighted by atomic mass is 19.4. The number of halogens is 3. The second-order valence-corrected chi connectivity index (χ2v) is 16.0. The molecule has 8 aromatic rings. The molecule has 338 valence electrons. The van der Waals surface area contributed by atoms with Gasteiger partial charge in [-0.2, -0.15) is 28.6 Å². The molecule has 0 radical (unpaired) electrons. The van der Waals surface area contributed by atoms with Crippen LogP contribution < -0.4 is 29.9 Å². The van der Waals surface area contributed by atoms with Crippen molar-refractivity contribution in [2.24, 2.45) is 0 Å². The number of nitriles is 1. The highest BCUT2D eigenvalue weighted by Gasteiger charge is 2.34. The van der Waals surface area contributed by atoms with Crippen LogP contribution in [0.25, 0.3) is 22.6 Å². The molecule has 0 bridgehead atoms. The maximum atomic E-state index is 14.1.